The molecule has 0 aliphatic heterocycles. The quantitative estimate of drug-likeness (QED) is 0.489. The van der Waals surface area contributed by atoms with Crippen molar-refractivity contribution in [3.8, 4) is 0 Å². The predicted molar refractivity (Wildman–Crippen MR) is 77.6 cm³/mol. The van der Waals surface area contributed by atoms with Crippen LogP contribution in [0.1, 0.15) is 47.7 Å². The van der Waals surface area contributed by atoms with Crippen molar-refractivity contribution < 1.29 is 0 Å². The zero-order valence-electron chi connectivity index (χ0n) is 11.3. The van der Waals surface area contributed by atoms with Crippen LogP contribution in [0.3, 0.4) is 0 Å². The number of hydrogen-bond donors (Lipinski definition) is 2. The Balaban J connectivity index is 1.94. The van der Waals surface area contributed by atoms with Crippen LogP contribution in [0.4, 0.5) is 0 Å². The number of aromatic nitrogens is 1. The molecule has 0 saturated heterocycles. The van der Waals surface area contributed by atoms with E-state index in [1.54, 1.807) is 16.9 Å². The van der Waals surface area contributed by atoms with Crippen molar-refractivity contribution >= 4 is 11.3 Å². The van der Waals surface area contributed by atoms with Gasteiger partial charge in [0.25, 0.3) is 0 Å². The van der Waals surface area contributed by atoms with Crippen molar-refractivity contribution in [2.75, 3.05) is 0 Å². The van der Waals surface area contributed by atoms with Gasteiger partial charge in [-0.15, -0.1) is 11.3 Å². The lowest BCUT2D eigenvalue weighted by molar-refractivity contribution is 0.503. The lowest BCUT2D eigenvalue weighted by atomic mass is 9.93. The maximum atomic E-state index is 5.68. The van der Waals surface area contributed by atoms with Crippen LogP contribution in [0.15, 0.2) is 11.6 Å². The Hall–Kier alpha value is -0.710. The van der Waals surface area contributed by atoms with Gasteiger partial charge in [0.15, 0.2) is 0 Å². The highest BCUT2D eigenvalue weighted by Crippen LogP contribution is 2.24. The molecule has 100 valence electrons. The molecule has 2 rings (SSSR count). The van der Waals surface area contributed by atoms with Gasteiger partial charge in [-0.1, -0.05) is 11.6 Å². The Morgan fingerprint density at radius 2 is 2.22 bits per heavy atom. The fraction of sp³-hybridized carbons (Fsp3) is 0.643. The number of nitrogens with two attached hydrogens (primary N) is 1. The summed E-state index contributed by atoms with van der Waals surface area (Å²) >= 11 is 1.79. The van der Waals surface area contributed by atoms with Crippen molar-refractivity contribution in [3.05, 3.63) is 27.2 Å². The zero-order chi connectivity index (χ0) is 13.0. The second-order valence-corrected chi connectivity index (χ2v) is 6.42. The molecule has 18 heavy (non-hydrogen) atoms. The summed E-state index contributed by atoms with van der Waals surface area (Å²) in [7, 11) is 0. The zero-order valence-corrected chi connectivity index (χ0v) is 12.1. The minimum atomic E-state index is 0.319. The van der Waals surface area contributed by atoms with Crippen LogP contribution in [-0.4, -0.2) is 11.0 Å². The molecule has 1 aromatic rings. The summed E-state index contributed by atoms with van der Waals surface area (Å²) in [5, 5.41) is 1.20. The van der Waals surface area contributed by atoms with Crippen LogP contribution in [0.2, 0.25) is 0 Å². The van der Waals surface area contributed by atoms with Crippen LogP contribution >= 0.6 is 11.3 Å². The van der Waals surface area contributed by atoms with Crippen molar-refractivity contribution in [3.63, 3.8) is 0 Å². The van der Waals surface area contributed by atoms with Crippen LogP contribution in [0, 0.1) is 13.8 Å². The number of thiazole rings is 1. The third-order valence-electron chi connectivity index (χ3n) is 3.62. The van der Waals surface area contributed by atoms with Gasteiger partial charge in [0, 0.05) is 17.3 Å². The van der Waals surface area contributed by atoms with Crippen LogP contribution in [0.5, 0.6) is 0 Å². The van der Waals surface area contributed by atoms with E-state index in [1.165, 1.54) is 35.6 Å². The molecule has 1 aliphatic carbocycles. The first-order valence-corrected chi connectivity index (χ1v) is 7.57. The number of rotatable bonds is 5. The highest BCUT2D eigenvalue weighted by Gasteiger charge is 2.14. The summed E-state index contributed by atoms with van der Waals surface area (Å²) in [6.07, 6.45) is 9.55. The van der Waals surface area contributed by atoms with Gasteiger partial charge in [-0.3, -0.25) is 11.3 Å². The molecule has 0 amide bonds. The van der Waals surface area contributed by atoms with E-state index in [2.05, 4.69) is 30.3 Å². The predicted octanol–water partition coefficient (Wildman–Crippen LogP) is 3.02. The number of allylic oxidation sites excluding steroid dienone is 1. The molecule has 0 radical (unpaired) electrons. The standard InChI is InChI=1S/C14H23N3S/c1-10-11(2)18-14(16-10)9-13(17-15)8-12-6-4-3-5-7-12/h6,13,17H,3-5,7-9,15H2,1-2H3. The molecule has 0 fully saturated rings. The van der Waals surface area contributed by atoms with E-state index >= 15 is 0 Å². The lowest BCUT2D eigenvalue weighted by Gasteiger charge is -2.19. The smallest absolute Gasteiger partial charge is 0.0947 e. The Bertz CT molecular complexity index is 403. The summed E-state index contributed by atoms with van der Waals surface area (Å²) in [6.45, 7) is 4.20. The summed E-state index contributed by atoms with van der Waals surface area (Å²) < 4.78 is 0. The molecule has 0 saturated carbocycles. The molecule has 0 bridgehead atoms. The van der Waals surface area contributed by atoms with E-state index in [4.69, 9.17) is 5.84 Å². The molecular weight excluding hydrogens is 242 g/mol. The monoisotopic (exact) mass is 265 g/mol. The number of nitrogens with one attached hydrogen (secondary N) is 1. The largest absolute Gasteiger partial charge is 0.271 e. The van der Waals surface area contributed by atoms with Crippen molar-refractivity contribution in [1.29, 1.82) is 0 Å². The van der Waals surface area contributed by atoms with Gasteiger partial charge in [0.2, 0.25) is 0 Å². The Labute approximate surface area is 113 Å². The lowest BCUT2D eigenvalue weighted by Crippen LogP contribution is -2.37. The van der Waals surface area contributed by atoms with Gasteiger partial charge in [-0.05, 0) is 46.0 Å². The van der Waals surface area contributed by atoms with E-state index in [1.807, 2.05) is 0 Å². The molecule has 3 N–H and O–H groups in total. The van der Waals surface area contributed by atoms with E-state index < -0.39 is 0 Å². The molecule has 3 nitrogen and oxygen atoms in total. The summed E-state index contributed by atoms with van der Waals surface area (Å²) in [6, 6.07) is 0.319. The first-order valence-electron chi connectivity index (χ1n) is 6.76. The topological polar surface area (TPSA) is 50.9 Å². The highest BCUT2D eigenvalue weighted by molar-refractivity contribution is 7.11. The molecule has 1 unspecified atom stereocenters. The molecule has 4 heteroatoms. The van der Waals surface area contributed by atoms with Crippen molar-refractivity contribution in [2.45, 2.75) is 58.4 Å². The molecular formula is C14H23N3S. The number of hydrogen-bond acceptors (Lipinski definition) is 4. The summed E-state index contributed by atoms with van der Waals surface area (Å²) in [5.41, 5.74) is 5.67. The molecule has 1 aliphatic rings. The Morgan fingerprint density at radius 3 is 2.78 bits per heavy atom. The number of aryl methyl sites for hydroxylation is 2. The molecule has 0 spiro atoms. The third-order valence-corrected chi connectivity index (χ3v) is 4.72. The number of nitrogens with zero attached hydrogens (tertiary/aromatic N) is 1. The van der Waals surface area contributed by atoms with Crippen LogP contribution < -0.4 is 11.3 Å². The van der Waals surface area contributed by atoms with E-state index in [0.29, 0.717) is 6.04 Å². The van der Waals surface area contributed by atoms with Gasteiger partial charge in [0.05, 0.1) is 10.7 Å². The first kappa shape index (κ1) is 13.7. The minimum absolute atomic E-state index is 0.319. The average molecular weight is 265 g/mol. The van der Waals surface area contributed by atoms with Gasteiger partial charge in [0.1, 0.15) is 0 Å². The Kier molecular flexibility index (Phi) is 4.92. The van der Waals surface area contributed by atoms with Gasteiger partial charge < -0.3 is 0 Å². The molecule has 0 aromatic carbocycles. The second kappa shape index (κ2) is 6.45. The Morgan fingerprint density at radius 1 is 1.39 bits per heavy atom. The van der Waals surface area contributed by atoms with Crippen LogP contribution in [0.25, 0.3) is 0 Å². The van der Waals surface area contributed by atoms with Crippen molar-refractivity contribution in [2.24, 2.45) is 5.84 Å². The van der Waals surface area contributed by atoms with Gasteiger partial charge in [-0.25, -0.2) is 4.98 Å². The number of hydrazine groups is 1. The third kappa shape index (κ3) is 3.64. The van der Waals surface area contributed by atoms with Crippen molar-refractivity contribution in [1.82, 2.24) is 10.4 Å². The fourth-order valence-corrected chi connectivity index (χ4v) is 3.45. The average Bonchev–Trinajstić information content (AvgIpc) is 2.69. The summed E-state index contributed by atoms with van der Waals surface area (Å²) in [5.74, 6) is 5.68. The first-order chi connectivity index (χ1) is 8.69. The van der Waals surface area contributed by atoms with Crippen LogP contribution in [-0.2, 0) is 6.42 Å². The molecule has 1 aromatic heterocycles. The van der Waals surface area contributed by atoms with E-state index in [0.717, 1.165) is 18.5 Å². The minimum Gasteiger partial charge on any atom is -0.271 e. The SMILES string of the molecule is Cc1nc(CC(CC2=CCCCC2)NN)sc1C. The molecule has 1 heterocycles. The van der Waals surface area contributed by atoms with Gasteiger partial charge >= 0.3 is 0 Å². The van der Waals surface area contributed by atoms with E-state index in [9.17, 15) is 0 Å². The maximum Gasteiger partial charge on any atom is 0.0947 e. The fourth-order valence-electron chi connectivity index (χ4n) is 2.43. The summed E-state index contributed by atoms with van der Waals surface area (Å²) in [4.78, 5) is 5.91. The van der Waals surface area contributed by atoms with E-state index in [-0.39, 0.29) is 0 Å². The van der Waals surface area contributed by atoms with Gasteiger partial charge in [-0.2, -0.15) is 0 Å². The second-order valence-electron chi connectivity index (χ2n) is 5.13. The highest BCUT2D eigenvalue weighted by atomic mass is 32.1. The molecule has 1 atom stereocenters. The normalized spacial score (nSPS) is 17.6. The maximum absolute atomic E-state index is 5.68.